The van der Waals surface area contributed by atoms with Gasteiger partial charge in [0.2, 0.25) is 0 Å². The molecule has 0 atom stereocenters. The molecule has 0 aliphatic rings. The Morgan fingerprint density at radius 3 is 1.45 bits per heavy atom. The Balaban J connectivity index is 0.000000152. The van der Waals surface area contributed by atoms with Crippen LogP contribution in [0.15, 0.2) is 115 Å². The van der Waals surface area contributed by atoms with Gasteiger partial charge in [0, 0.05) is 37.9 Å². The summed E-state index contributed by atoms with van der Waals surface area (Å²) < 4.78 is 0. The number of hydrogen-bond acceptors (Lipinski definition) is 3. The van der Waals surface area contributed by atoms with E-state index in [1.807, 2.05) is 34.8 Å². The van der Waals surface area contributed by atoms with Crippen LogP contribution in [0, 0.1) is 6.92 Å². The van der Waals surface area contributed by atoms with Crippen LogP contribution in [0.2, 0.25) is 0 Å². The van der Waals surface area contributed by atoms with Crippen molar-refractivity contribution in [2.75, 3.05) is 11.9 Å². The molecule has 0 aliphatic carbocycles. The Bertz CT molecular complexity index is 1150. The second-order valence-corrected chi connectivity index (χ2v) is 9.54. The smallest absolute Gasteiger partial charge is 0.0449 e. The summed E-state index contributed by atoms with van der Waals surface area (Å²) >= 11 is 3.72. The third-order valence-corrected chi connectivity index (χ3v) is 7.27. The largest absolute Gasteiger partial charge is 0.345 e. The third-order valence-electron chi connectivity index (χ3n) is 4.93. The molecule has 0 amide bonds. The molecule has 154 valence electrons. The highest BCUT2D eigenvalue weighted by Gasteiger charge is 2.06. The number of anilines is 2. The Morgan fingerprint density at radius 2 is 0.935 bits per heavy atom. The molecule has 0 fully saturated rings. The van der Waals surface area contributed by atoms with Crippen molar-refractivity contribution < 1.29 is 0 Å². The van der Waals surface area contributed by atoms with Gasteiger partial charge in [-0.3, -0.25) is 0 Å². The minimum Gasteiger partial charge on any atom is -0.345 e. The van der Waals surface area contributed by atoms with E-state index in [4.69, 9.17) is 0 Å². The maximum atomic E-state index is 2.22. The molecule has 0 N–H and O–H groups in total. The molecule has 3 heteroatoms. The molecule has 5 rings (SSSR count). The topological polar surface area (TPSA) is 3.24 Å². The molecule has 2 aromatic heterocycles. The molecule has 0 saturated heterocycles. The Hall–Kier alpha value is -3.14. The Morgan fingerprint density at radius 1 is 0.484 bits per heavy atom. The van der Waals surface area contributed by atoms with E-state index in [1.54, 1.807) is 0 Å². The summed E-state index contributed by atoms with van der Waals surface area (Å²) in [5, 5.41) is 0. The van der Waals surface area contributed by atoms with Crippen LogP contribution in [-0.2, 0) is 0 Å². The summed E-state index contributed by atoms with van der Waals surface area (Å²) in [5.41, 5.74) is 3.72. The fraction of sp³-hybridized carbons (Fsp3) is 0.0714. The van der Waals surface area contributed by atoms with Gasteiger partial charge in [-0.05, 0) is 61.0 Å². The van der Waals surface area contributed by atoms with Crippen LogP contribution >= 0.6 is 22.7 Å². The molecule has 0 aliphatic heterocycles. The Kier molecular flexibility index (Phi) is 6.98. The quantitative estimate of drug-likeness (QED) is 0.270. The molecule has 5 aromatic rings. The molecule has 0 saturated carbocycles. The number of rotatable bonds is 4. The van der Waals surface area contributed by atoms with Gasteiger partial charge in [0.1, 0.15) is 0 Å². The van der Waals surface area contributed by atoms with Crippen molar-refractivity contribution in [3.05, 3.63) is 120 Å². The van der Waals surface area contributed by atoms with Crippen LogP contribution in [0.5, 0.6) is 0 Å². The van der Waals surface area contributed by atoms with E-state index in [9.17, 15) is 0 Å². The zero-order valence-electron chi connectivity index (χ0n) is 17.7. The average molecular weight is 440 g/mol. The number of hydrogen-bond donors (Lipinski definition) is 0. The number of thiophene rings is 2. The SMILES string of the molecule is CN(c1ccccc1)c1ccccc1.Cc1ccc(-c2ccc(-c3ccccc3)s2)s1. The van der Waals surface area contributed by atoms with Crippen molar-refractivity contribution in [3.8, 4) is 20.2 Å². The second-order valence-electron chi connectivity index (χ2n) is 7.17. The molecule has 2 heterocycles. The van der Waals surface area contributed by atoms with E-state index in [0.717, 1.165) is 0 Å². The predicted octanol–water partition coefficient (Wildman–Crippen LogP) is 8.91. The summed E-state index contributed by atoms with van der Waals surface area (Å²) in [6, 6.07) is 40.1. The molecule has 1 nitrogen and oxygen atoms in total. The maximum Gasteiger partial charge on any atom is 0.0449 e. The monoisotopic (exact) mass is 439 g/mol. The van der Waals surface area contributed by atoms with E-state index >= 15 is 0 Å². The van der Waals surface area contributed by atoms with Gasteiger partial charge in [0.05, 0.1) is 0 Å². The van der Waals surface area contributed by atoms with Crippen molar-refractivity contribution >= 4 is 34.0 Å². The van der Waals surface area contributed by atoms with E-state index in [1.165, 1.54) is 36.4 Å². The summed E-state index contributed by atoms with van der Waals surface area (Å²) in [6.45, 7) is 2.15. The molecule has 0 bridgehead atoms. The number of nitrogens with zero attached hydrogens (tertiary/aromatic N) is 1. The third kappa shape index (κ3) is 5.52. The molecule has 31 heavy (non-hydrogen) atoms. The van der Waals surface area contributed by atoms with Crippen LogP contribution in [-0.4, -0.2) is 7.05 Å². The number of para-hydroxylation sites is 2. The molecule has 0 spiro atoms. The number of aryl methyl sites for hydroxylation is 1. The fourth-order valence-electron chi connectivity index (χ4n) is 3.25. The zero-order valence-corrected chi connectivity index (χ0v) is 19.4. The van der Waals surface area contributed by atoms with Crippen molar-refractivity contribution in [1.82, 2.24) is 0 Å². The van der Waals surface area contributed by atoms with Gasteiger partial charge in [0.15, 0.2) is 0 Å². The lowest BCUT2D eigenvalue weighted by atomic mass is 10.2. The summed E-state index contributed by atoms with van der Waals surface area (Å²) in [4.78, 5) is 7.61. The molecule has 3 aromatic carbocycles. The van der Waals surface area contributed by atoms with Crippen LogP contribution < -0.4 is 4.90 Å². The van der Waals surface area contributed by atoms with Crippen LogP contribution in [0.25, 0.3) is 20.2 Å². The van der Waals surface area contributed by atoms with Gasteiger partial charge < -0.3 is 4.90 Å². The maximum absolute atomic E-state index is 2.22. The average Bonchev–Trinajstić information content (AvgIpc) is 3.50. The minimum absolute atomic E-state index is 1.21. The molecule has 0 unspecified atom stereocenters. The summed E-state index contributed by atoms with van der Waals surface area (Å²) in [7, 11) is 2.07. The number of benzene rings is 3. The normalized spacial score (nSPS) is 10.3. The first-order chi connectivity index (χ1) is 15.2. The van der Waals surface area contributed by atoms with Gasteiger partial charge in [-0.2, -0.15) is 0 Å². The van der Waals surface area contributed by atoms with Gasteiger partial charge in [-0.25, -0.2) is 0 Å². The van der Waals surface area contributed by atoms with Gasteiger partial charge in [0.25, 0.3) is 0 Å². The summed E-state index contributed by atoms with van der Waals surface area (Å²) in [6.07, 6.45) is 0. The van der Waals surface area contributed by atoms with Crippen LogP contribution in [0.1, 0.15) is 4.88 Å². The highest BCUT2D eigenvalue weighted by molar-refractivity contribution is 7.23. The highest BCUT2D eigenvalue weighted by Crippen LogP contribution is 2.37. The lowest BCUT2D eigenvalue weighted by Crippen LogP contribution is -2.08. The van der Waals surface area contributed by atoms with Gasteiger partial charge in [-0.15, -0.1) is 22.7 Å². The molecular formula is C28H25NS2. The fourth-order valence-corrected chi connectivity index (χ4v) is 5.22. The van der Waals surface area contributed by atoms with Crippen molar-refractivity contribution in [2.24, 2.45) is 0 Å². The van der Waals surface area contributed by atoms with E-state index < -0.39 is 0 Å². The highest BCUT2D eigenvalue weighted by atomic mass is 32.1. The Labute approximate surface area is 192 Å². The van der Waals surface area contributed by atoms with E-state index in [-0.39, 0.29) is 0 Å². The molecule has 0 radical (unpaired) electrons. The summed E-state index contributed by atoms with van der Waals surface area (Å²) in [5.74, 6) is 0. The standard InChI is InChI=1S/C15H12S2.C13H13N/c1-11-7-8-14(16-11)15-10-9-13(17-15)12-5-3-2-4-6-12;1-14(12-8-4-2-5-9-12)13-10-6-3-7-11-13/h2-10H,1H3;2-11H,1H3. The predicted molar refractivity (Wildman–Crippen MR) is 139 cm³/mol. The first-order valence-corrected chi connectivity index (χ1v) is 11.9. The van der Waals surface area contributed by atoms with E-state index in [0.29, 0.717) is 0 Å². The molecular weight excluding hydrogens is 414 g/mol. The van der Waals surface area contributed by atoms with Crippen LogP contribution in [0.3, 0.4) is 0 Å². The minimum atomic E-state index is 1.21. The van der Waals surface area contributed by atoms with Crippen LogP contribution in [0.4, 0.5) is 11.4 Å². The first kappa shape index (κ1) is 21.1. The van der Waals surface area contributed by atoms with Gasteiger partial charge >= 0.3 is 0 Å². The second kappa shape index (κ2) is 10.3. The lowest BCUT2D eigenvalue weighted by molar-refractivity contribution is 1.21. The van der Waals surface area contributed by atoms with E-state index in [2.05, 4.69) is 122 Å². The zero-order chi connectivity index (χ0) is 21.5. The van der Waals surface area contributed by atoms with Crippen molar-refractivity contribution in [2.45, 2.75) is 6.92 Å². The first-order valence-electron chi connectivity index (χ1n) is 10.3. The van der Waals surface area contributed by atoms with Crippen molar-refractivity contribution in [3.63, 3.8) is 0 Å². The van der Waals surface area contributed by atoms with Crippen molar-refractivity contribution in [1.29, 1.82) is 0 Å². The lowest BCUT2D eigenvalue weighted by Gasteiger charge is -2.18. The van der Waals surface area contributed by atoms with Gasteiger partial charge in [-0.1, -0.05) is 66.7 Å².